The Morgan fingerprint density at radius 2 is 2.38 bits per heavy atom. The molecule has 1 saturated heterocycles. The Morgan fingerprint density at radius 3 is 3.05 bits per heavy atom. The van der Waals surface area contributed by atoms with Crippen LogP contribution in [0.2, 0.25) is 0 Å². The third-order valence-electron chi connectivity index (χ3n) is 4.16. The largest absolute Gasteiger partial charge is 0.377 e. The monoisotopic (exact) mass is 356 g/mol. The molecule has 0 bridgehead atoms. The molecule has 1 aromatic rings. The number of anilines is 1. The molecule has 1 saturated carbocycles. The molecular formula is C14H21BrN4O2. The van der Waals surface area contributed by atoms with Gasteiger partial charge in [-0.2, -0.15) is 5.10 Å². The number of nitrogens with zero attached hydrogens (tertiary/aromatic N) is 2. The van der Waals surface area contributed by atoms with E-state index < -0.39 is 0 Å². The Bertz CT molecular complexity index is 538. The lowest BCUT2D eigenvalue weighted by molar-refractivity contribution is 0.0372. The Morgan fingerprint density at radius 1 is 1.52 bits per heavy atom. The molecule has 21 heavy (non-hydrogen) atoms. The molecule has 0 radical (unpaired) electrons. The fraction of sp³-hybridized carbons (Fsp3) is 0.714. The van der Waals surface area contributed by atoms with E-state index in [2.05, 4.69) is 31.7 Å². The summed E-state index contributed by atoms with van der Waals surface area (Å²) in [5.41, 5.74) is 0.526. The normalized spacial score (nSPS) is 22.8. The standard InChI is InChI=1S/C14H21BrN4O2/c15-12-8-18-19(9-10-2-1-3-10)14(20)13(12)17-7-11-6-16-4-5-21-11/h8,10-11,16-17H,1-7,9H2. The zero-order valence-electron chi connectivity index (χ0n) is 12.0. The zero-order chi connectivity index (χ0) is 14.7. The molecule has 1 unspecified atom stereocenters. The van der Waals surface area contributed by atoms with E-state index in [4.69, 9.17) is 4.74 Å². The van der Waals surface area contributed by atoms with E-state index in [-0.39, 0.29) is 11.7 Å². The molecule has 2 N–H and O–H groups in total. The van der Waals surface area contributed by atoms with Crippen molar-refractivity contribution >= 4 is 21.6 Å². The zero-order valence-corrected chi connectivity index (χ0v) is 13.6. The van der Waals surface area contributed by atoms with Crippen LogP contribution < -0.4 is 16.2 Å². The van der Waals surface area contributed by atoms with Crippen LogP contribution in [0.1, 0.15) is 19.3 Å². The van der Waals surface area contributed by atoms with Crippen molar-refractivity contribution < 1.29 is 4.74 Å². The van der Waals surface area contributed by atoms with Gasteiger partial charge in [0.1, 0.15) is 5.69 Å². The highest BCUT2D eigenvalue weighted by molar-refractivity contribution is 9.10. The van der Waals surface area contributed by atoms with Gasteiger partial charge < -0.3 is 15.4 Å². The summed E-state index contributed by atoms with van der Waals surface area (Å²) in [7, 11) is 0. The van der Waals surface area contributed by atoms with Crippen LogP contribution in [0.4, 0.5) is 5.69 Å². The van der Waals surface area contributed by atoms with Crippen LogP contribution >= 0.6 is 15.9 Å². The average molecular weight is 357 g/mol. The Labute approximate surface area is 132 Å². The molecule has 7 heteroatoms. The van der Waals surface area contributed by atoms with Crippen LogP contribution in [0.25, 0.3) is 0 Å². The molecule has 0 spiro atoms. The number of hydrogen-bond acceptors (Lipinski definition) is 5. The Balaban J connectivity index is 1.67. The number of rotatable bonds is 5. The van der Waals surface area contributed by atoms with Crippen molar-refractivity contribution in [1.29, 1.82) is 0 Å². The molecule has 6 nitrogen and oxygen atoms in total. The van der Waals surface area contributed by atoms with Gasteiger partial charge in [-0.05, 0) is 34.7 Å². The highest BCUT2D eigenvalue weighted by Crippen LogP contribution is 2.27. The molecule has 116 valence electrons. The van der Waals surface area contributed by atoms with Gasteiger partial charge in [0.2, 0.25) is 0 Å². The van der Waals surface area contributed by atoms with Crippen molar-refractivity contribution in [3.8, 4) is 0 Å². The van der Waals surface area contributed by atoms with E-state index >= 15 is 0 Å². The number of nitrogens with one attached hydrogen (secondary N) is 2. The Hall–Kier alpha value is -0.920. The summed E-state index contributed by atoms with van der Waals surface area (Å²) < 4.78 is 7.93. The second-order valence-corrected chi connectivity index (χ2v) is 6.58. The van der Waals surface area contributed by atoms with Crippen LogP contribution in [0.15, 0.2) is 15.5 Å². The fourth-order valence-corrected chi connectivity index (χ4v) is 3.05. The number of halogens is 1. The molecule has 1 aliphatic heterocycles. The topological polar surface area (TPSA) is 68.2 Å². The first-order chi connectivity index (χ1) is 10.2. The second-order valence-electron chi connectivity index (χ2n) is 5.73. The van der Waals surface area contributed by atoms with E-state index in [1.165, 1.54) is 19.3 Å². The molecule has 1 atom stereocenters. The van der Waals surface area contributed by atoms with E-state index in [9.17, 15) is 4.79 Å². The van der Waals surface area contributed by atoms with Crippen LogP contribution in [0.3, 0.4) is 0 Å². The van der Waals surface area contributed by atoms with E-state index in [0.29, 0.717) is 22.6 Å². The van der Waals surface area contributed by atoms with Crippen molar-refractivity contribution in [2.75, 3.05) is 31.6 Å². The minimum absolute atomic E-state index is 0.0555. The van der Waals surface area contributed by atoms with Crippen LogP contribution in [-0.2, 0) is 11.3 Å². The quantitative estimate of drug-likeness (QED) is 0.829. The molecule has 0 amide bonds. The van der Waals surface area contributed by atoms with Gasteiger partial charge in [-0.1, -0.05) is 6.42 Å². The van der Waals surface area contributed by atoms with Gasteiger partial charge in [0.25, 0.3) is 5.56 Å². The summed E-state index contributed by atoms with van der Waals surface area (Å²) >= 11 is 3.41. The molecule has 2 fully saturated rings. The van der Waals surface area contributed by atoms with Crippen molar-refractivity contribution in [3.63, 3.8) is 0 Å². The number of ether oxygens (including phenoxy) is 1. The molecular weight excluding hydrogens is 336 g/mol. The first-order valence-corrected chi connectivity index (χ1v) is 8.35. The average Bonchev–Trinajstić information content (AvgIpc) is 2.45. The summed E-state index contributed by atoms with van der Waals surface area (Å²) in [6.45, 7) is 3.77. The van der Waals surface area contributed by atoms with Crippen LogP contribution in [-0.4, -0.2) is 42.1 Å². The van der Waals surface area contributed by atoms with Gasteiger partial charge in [-0.3, -0.25) is 4.79 Å². The predicted octanol–water partition coefficient (Wildman–Crippen LogP) is 1.21. The van der Waals surface area contributed by atoms with Crippen molar-refractivity contribution in [2.45, 2.75) is 31.9 Å². The molecule has 2 aliphatic rings. The summed E-state index contributed by atoms with van der Waals surface area (Å²) in [5, 5.41) is 10.7. The van der Waals surface area contributed by atoms with Gasteiger partial charge in [-0.25, -0.2) is 4.68 Å². The fourth-order valence-electron chi connectivity index (χ4n) is 2.65. The summed E-state index contributed by atoms with van der Waals surface area (Å²) in [6, 6.07) is 0. The summed E-state index contributed by atoms with van der Waals surface area (Å²) in [6.07, 6.45) is 5.47. The lowest BCUT2D eigenvalue weighted by atomic mass is 9.85. The first-order valence-electron chi connectivity index (χ1n) is 7.56. The van der Waals surface area contributed by atoms with Gasteiger partial charge >= 0.3 is 0 Å². The number of morpholine rings is 1. The van der Waals surface area contributed by atoms with Gasteiger partial charge in [0.15, 0.2) is 0 Å². The third kappa shape index (κ3) is 3.64. The highest BCUT2D eigenvalue weighted by Gasteiger charge is 2.20. The van der Waals surface area contributed by atoms with E-state index in [1.54, 1.807) is 10.9 Å². The van der Waals surface area contributed by atoms with Crippen LogP contribution in [0.5, 0.6) is 0 Å². The van der Waals surface area contributed by atoms with Crippen LogP contribution in [0, 0.1) is 5.92 Å². The van der Waals surface area contributed by atoms with Crippen molar-refractivity contribution in [1.82, 2.24) is 15.1 Å². The second kappa shape index (κ2) is 6.89. The van der Waals surface area contributed by atoms with E-state index in [0.717, 1.165) is 26.2 Å². The third-order valence-corrected chi connectivity index (χ3v) is 4.77. The molecule has 1 aromatic heterocycles. The smallest absolute Gasteiger partial charge is 0.291 e. The summed E-state index contributed by atoms with van der Waals surface area (Å²) in [4.78, 5) is 12.5. The van der Waals surface area contributed by atoms with Crippen molar-refractivity contribution in [2.24, 2.45) is 5.92 Å². The maximum Gasteiger partial charge on any atom is 0.291 e. The highest BCUT2D eigenvalue weighted by atomic mass is 79.9. The maximum atomic E-state index is 12.5. The molecule has 1 aliphatic carbocycles. The van der Waals surface area contributed by atoms with E-state index in [1.807, 2.05) is 0 Å². The SMILES string of the molecule is O=c1c(NCC2CNCCO2)c(Br)cnn1CC1CCC1. The van der Waals surface area contributed by atoms with Gasteiger partial charge in [0, 0.05) is 26.2 Å². The Kier molecular flexibility index (Phi) is 4.92. The number of hydrogen-bond donors (Lipinski definition) is 2. The molecule has 3 rings (SSSR count). The minimum atomic E-state index is -0.0555. The molecule has 0 aromatic carbocycles. The van der Waals surface area contributed by atoms with Crippen molar-refractivity contribution in [3.05, 3.63) is 21.0 Å². The maximum absolute atomic E-state index is 12.5. The number of aromatic nitrogens is 2. The first kappa shape index (κ1) is 15.0. The van der Waals surface area contributed by atoms with Gasteiger partial charge in [-0.15, -0.1) is 0 Å². The molecule has 2 heterocycles. The van der Waals surface area contributed by atoms with Gasteiger partial charge in [0.05, 0.1) is 23.4 Å². The summed E-state index contributed by atoms with van der Waals surface area (Å²) in [5.74, 6) is 0.607. The lowest BCUT2D eigenvalue weighted by Gasteiger charge is -2.26. The predicted molar refractivity (Wildman–Crippen MR) is 84.6 cm³/mol. The minimum Gasteiger partial charge on any atom is -0.377 e. The lowest BCUT2D eigenvalue weighted by Crippen LogP contribution is -2.42.